The Balaban J connectivity index is 1.61. The van der Waals surface area contributed by atoms with Gasteiger partial charge in [-0.25, -0.2) is 0 Å². The fraction of sp³-hybridized carbons (Fsp3) is 0.250. The molecule has 0 saturated heterocycles. The van der Waals surface area contributed by atoms with Crippen LogP contribution in [0.3, 0.4) is 0 Å². The fourth-order valence-corrected chi connectivity index (χ4v) is 4.58. The summed E-state index contributed by atoms with van der Waals surface area (Å²) in [4.78, 5) is 26.9. The van der Waals surface area contributed by atoms with Crippen molar-refractivity contribution in [3.63, 3.8) is 0 Å². The molecule has 2 N–H and O–H groups in total. The molecule has 40 heavy (non-hydrogen) atoms. The molecule has 0 aromatic heterocycles. The summed E-state index contributed by atoms with van der Waals surface area (Å²) >= 11 is 0. The van der Waals surface area contributed by atoms with Crippen molar-refractivity contribution in [2.24, 2.45) is 5.41 Å². The molecular formula is C32H34N2O6. The summed E-state index contributed by atoms with van der Waals surface area (Å²) in [5, 5.41) is 5.95. The van der Waals surface area contributed by atoms with E-state index in [2.05, 4.69) is 10.6 Å². The maximum absolute atomic E-state index is 13.9. The van der Waals surface area contributed by atoms with Gasteiger partial charge in [0.05, 0.1) is 33.9 Å². The van der Waals surface area contributed by atoms with Crippen LogP contribution in [0.1, 0.15) is 17.5 Å². The van der Waals surface area contributed by atoms with Crippen LogP contribution < -0.4 is 29.6 Å². The van der Waals surface area contributed by atoms with Crippen molar-refractivity contribution in [2.75, 3.05) is 39.1 Å². The maximum atomic E-state index is 13.9. The van der Waals surface area contributed by atoms with Crippen LogP contribution in [0.5, 0.6) is 23.0 Å². The third-order valence-electron chi connectivity index (χ3n) is 6.89. The molecule has 1 aliphatic rings. The number of benzene rings is 3. The van der Waals surface area contributed by atoms with E-state index in [0.29, 0.717) is 47.0 Å². The number of nitrogens with one attached hydrogen (secondary N) is 2. The first-order valence-electron chi connectivity index (χ1n) is 12.8. The minimum atomic E-state index is -0.956. The Kier molecular flexibility index (Phi) is 8.79. The van der Waals surface area contributed by atoms with E-state index in [0.717, 1.165) is 16.9 Å². The summed E-state index contributed by atoms with van der Waals surface area (Å²) in [6, 6.07) is 18.6. The number of aryl methyl sites for hydroxylation is 1. The van der Waals surface area contributed by atoms with Gasteiger partial charge in [0.25, 0.3) is 5.91 Å². The van der Waals surface area contributed by atoms with Crippen molar-refractivity contribution in [1.82, 2.24) is 0 Å². The van der Waals surface area contributed by atoms with E-state index in [1.54, 1.807) is 25.3 Å². The van der Waals surface area contributed by atoms with Gasteiger partial charge in [-0.15, -0.1) is 0 Å². The minimum absolute atomic E-state index is 0.233. The number of hydrogen-bond donors (Lipinski definition) is 2. The predicted molar refractivity (Wildman–Crippen MR) is 156 cm³/mol. The second kappa shape index (κ2) is 12.4. The zero-order valence-corrected chi connectivity index (χ0v) is 23.4. The molecule has 1 atom stereocenters. The zero-order valence-electron chi connectivity index (χ0n) is 23.4. The molecule has 0 aliphatic heterocycles. The smallest absolute Gasteiger partial charge is 0.255 e. The predicted octanol–water partition coefficient (Wildman–Crippen LogP) is 5.72. The molecule has 1 aliphatic carbocycles. The molecule has 208 valence electrons. The first kappa shape index (κ1) is 28.3. The summed E-state index contributed by atoms with van der Waals surface area (Å²) in [7, 11) is 6.17. The van der Waals surface area contributed by atoms with Gasteiger partial charge in [0.15, 0.2) is 11.5 Å². The number of hydrogen-bond acceptors (Lipinski definition) is 6. The Morgan fingerprint density at radius 2 is 1.45 bits per heavy atom. The van der Waals surface area contributed by atoms with E-state index >= 15 is 0 Å². The van der Waals surface area contributed by atoms with E-state index in [1.807, 2.05) is 67.6 Å². The van der Waals surface area contributed by atoms with Gasteiger partial charge < -0.3 is 29.6 Å². The van der Waals surface area contributed by atoms with Crippen LogP contribution in [-0.2, 0) is 16.0 Å². The second-order valence-corrected chi connectivity index (χ2v) is 9.57. The zero-order chi connectivity index (χ0) is 28.7. The number of carbonyl (C=O) groups excluding carboxylic acids is 2. The van der Waals surface area contributed by atoms with Gasteiger partial charge in [-0.1, -0.05) is 48.1 Å². The summed E-state index contributed by atoms with van der Waals surface area (Å²) in [5.74, 6) is 1.55. The van der Waals surface area contributed by atoms with Gasteiger partial charge in [-0.3, -0.25) is 9.59 Å². The van der Waals surface area contributed by atoms with Crippen LogP contribution in [0.2, 0.25) is 0 Å². The lowest BCUT2D eigenvalue weighted by Crippen LogP contribution is -2.38. The highest BCUT2D eigenvalue weighted by atomic mass is 16.5. The molecule has 0 spiro atoms. The first-order valence-corrected chi connectivity index (χ1v) is 12.8. The number of carbonyl (C=O) groups is 2. The highest BCUT2D eigenvalue weighted by Gasteiger charge is 2.38. The fourth-order valence-electron chi connectivity index (χ4n) is 4.58. The summed E-state index contributed by atoms with van der Waals surface area (Å²) in [5.41, 5.74) is 2.80. The Labute approximate surface area is 234 Å². The van der Waals surface area contributed by atoms with Gasteiger partial charge in [-0.05, 0) is 49.6 Å². The summed E-state index contributed by atoms with van der Waals surface area (Å²) < 4.78 is 21.6. The lowest BCUT2D eigenvalue weighted by atomic mass is 9.74. The Bertz CT molecular complexity index is 1400. The molecule has 2 amide bonds. The number of ether oxygens (including phenoxy) is 4. The van der Waals surface area contributed by atoms with Gasteiger partial charge in [0.1, 0.15) is 5.75 Å². The van der Waals surface area contributed by atoms with Crippen molar-refractivity contribution in [2.45, 2.75) is 19.8 Å². The number of allylic oxidation sites excluding steroid dienone is 1. The molecule has 3 aromatic carbocycles. The standard InChI is InChI=1S/C32H34N2O6/c1-21-6-10-24(11-7-21)33-30(35)23-14-16-32(17-15-23,20-22-8-12-26(37-2)13-9-22)31(36)34-25-18-27(38-3)29(40-5)28(19-25)39-4/h6-16,18-19H,17,20H2,1-5H3,(H,33,35)(H,34,36). The number of anilines is 2. The third-order valence-corrected chi connectivity index (χ3v) is 6.89. The van der Waals surface area contributed by atoms with E-state index in [1.165, 1.54) is 21.3 Å². The van der Waals surface area contributed by atoms with Gasteiger partial charge >= 0.3 is 0 Å². The SMILES string of the molecule is COc1ccc(CC2(C(=O)Nc3cc(OC)c(OC)c(OC)c3)C=CC(C(=O)Nc3ccc(C)cc3)=CC2)cc1. The molecule has 0 saturated carbocycles. The Morgan fingerprint density at radius 3 is 1.98 bits per heavy atom. The highest BCUT2D eigenvalue weighted by molar-refractivity contribution is 6.07. The summed E-state index contributed by atoms with van der Waals surface area (Å²) in [6.07, 6.45) is 6.07. The quantitative estimate of drug-likeness (QED) is 0.340. The van der Waals surface area contributed by atoms with Crippen LogP contribution in [0, 0.1) is 12.3 Å². The van der Waals surface area contributed by atoms with Gasteiger partial charge in [-0.2, -0.15) is 0 Å². The molecule has 0 fully saturated rings. The molecule has 0 heterocycles. The number of methoxy groups -OCH3 is 4. The molecule has 4 rings (SSSR count). The molecule has 0 bridgehead atoms. The van der Waals surface area contributed by atoms with Gasteiger partial charge in [0.2, 0.25) is 11.7 Å². The average molecular weight is 543 g/mol. The molecule has 1 unspecified atom stereocenters. The van der Waals surface area contributed by atoms with E-state index < -0.39 is 5.41 Å². The van der Waals surface area contributed by atoms with Crippen molar-refractivity contribution in [1.29, 1.82) is 0 Å². The monoisotopic (exact) mass is 542 g/mol. The lowest BCUT2D eigenvalue weighted by Gasteiger charge is -2.31. The summed E-state index contributed by atoms with van der Waals surface area (Å²) in [6.45, 7) is 1.99. The van der Waals surface area contributed by atoms with E-state index in [9.17, 15) is 9.59 Å². The lowest BCUT2D eigenvalue weighted by molar-refractivity contribution is -0.123. The molecular weight excluding hydrogens is 508 g/mol. The molecule has 8 nitrogen and oxygen atoms in total. The van der Waals surface area contributed by atoms with Crippen LogP contribution >= 0.6 is 0 Å². The Morgan fingerprint density at radius 1 is 0.800 bits per heavy atom. The van der Waals surface area contributed by atoms with Crippen molar-refractivity contribution >= 4 is 23.2 Å². The van der Waals surface area contributed by atoms with Gasteiger partial charge in [0, 0.05) is 29.1 Å². The van der Waals surface area contributed by atoms with Crippen LogP contribution in [0.25, 0.3) is 0 Å². The van der Waals surface area contributed by atoms with Crippen molar-refractivity contribution < 1.29 is 28.5 Å². The van der Waals surface area contributed by atoms with E-state index in [-0.39, 0.29) is 11.8 Å². The number of rotatable bonds is 10. The highest BCUT2D eigenvalue weighted by Crippen LogP contribution is 2.41. The maximum Gasteiger partial charge on any atom is 0.255 e. The minimum Gasteiger partial charge on any atom is -0.497 e. The molecule has 8 heteroatoms. The Hall–Kier alpha value is -4.72. The topological polar surface area (TPSA) is 95.1 Å². The normalized spacial score (nSPS) is 16.0. The second-order valence-electron chi connectivity index (χ2n) is 9.57. The average Bonchev–Trinajstić information content (AvgIpc) is 2.98. The van der Waals surface area contributed by atoms with Crippen LogP contribution in [-0.4, -0.2) is 40.3 Å². The largest absolute Gasteiger partial charge is 0.497 e. The van der Waals surface area contributed by atoms with Crippen molar-refractivity contribution in [3.05, 3.63) is 95.6 Å². The van der Waals surface area contributed by atoms with Crippen LogP contribution in [0.15, 0.2) is 84.5 Å². The third kappa shape index (κ3) is 6.29. The number of amides is 2. The van der Waals surface area contributed by atoms with Crippen LogP contribution in [0.4, 0.5) is 11.4 Å². The van der Waals surface area contributed by atoms with Crippen molar-refractivity contribution in [3.8, 4) is 23.0 Å². The molecule has 0 radical (unpaired) electrons. The first-order chi connectivity index (χ1) is 19.3. The van der Waals surface area contributed by atoms with E-state index in [4.69, 9.17) is 18.9 Å². The molecule has 3 aromatic rings.